The second-order valence-electron chi connectivity index (χ2n) is 6.17. The third kappa shape index (κ3) is 3.45. The highest BCUT2D eigenvalue weighted by Crippen LogP contribution is 2.30. The summed E-state index contributed by atoms with van der Waals surface area (Å²) in [7, 11) is 0. The molecule has 3 heteroatoms. The van der Waals surface area contributed by atoms with Crippen LogP contribution in [-0.4, -0.2) is 19.3 Å². The molecule has 0 bridgehead atoms. The van der Waals surface area contributed by atoms with Crippen molar-refractivity contribution in [3.63, 3.8) is 0 Å². The lowest BCUT2D eigenvalue weighted by molar-refractivity contribution is 0.296. The summed E-state index contributed by atoms with van der Waals surface area (Å²) in [5, 5.41) is 3.68. The molecule has 0 atom stereocenters. The van der Waals surface area contributed by atoms with Crippen molar-refractivity contribution >= 4 is 0 Å². The van der Waals surface area contributed by atoms with Crippen molar-refractivity contribution in [3.05, 3.63) is 23.8 Å². The minimum atomic E-state index is 0.683. The molecule has 0 spiro atoms. The van der Waals surface area contributed by atoms with Gasteiger partial charge in [-0.1, -0.05) is 13.0 Å². The maximum absolute atomic E-state index is 5.74. The van der Waals surface area contributed by atoms with Crippen molar-refractivity contribution in [1.82, 2.24) is 5.32 Å². The summed E-state index contributed by atoms with van der Waals surface area (Å²) in [4.78, 5) is 0. The molecule has 1 aromatic carbocycles. The second kappa shape index (κ2) is 6.49. The van der Waals surface area contributed by atoms with E-state index in [1.165, 1.54) is 31.2 Å². The lowest BCUT2D eigenvalue weighted by Gasteiger charge is -2.27. The van der Waals surface area contributed by atoms with E-state index >= 15 is 0 Å². The smallest absolute Gasteiger partial charge is 0.161 e. The number of nitrogens with one attached hydrogen (secondary N) is 1. The molecule has 3 nitrogen and oxygen atoms in total. The molecule has 0 saturated heterocycles. The zero-order valence-corrected chi connectivity index (χ0v) is 12.4. The van der Waals surface area contributed by atoms with Gasteiger partial charge in [0.15, 0.2) is 11.5 Å². The molecule has 1 N–H and O–H groups in total. The fourth-order valence-corrected chi connectivity index (χ4v) is 3.04. The van der Waals surface area contributed by atoms with Gasteiger partial charge in [-0.05, 0) is 49.3 Å². The normalized spacial score (nSPS) is 26.1. The van der Waals surface area contributed by atoms with E-state index in [4.69, 9.17) is 9.47 Å². The molecular weight excluding hydrogens is 250 g/mol. The van der Waals surface area contributed by atoms with Crippen molar-refractivity contribution in [2.75, 3.05) is 13.2 Å². The minimum Gasteiger partial charge on any atom is -0.490 e. The van der Waals surface area contributed by atoms with Gasteiger partial charge in [0.25, 0.3) is 0 Å². The first-order valence-corrected chi connectivity index (χ1v) is 7.93. The first-order valence-electron chi connectivity index (χ1n) is 7.93. The maximum Gasteiger partial charge on any atom is 0.161 e. The monoisotopic (exact) mass is 275 g/mol. The number of hydrogen-bond acceptors (Lipinski definition) is 3. The summed E-state index contributed by atoms with van der Waals surface area (Å²) in [6.07, 6.45) is 6.30. The minimum absolute atomic E-state index is 0.683. The molecule has 3 rings (SSSR count). The standard InChI is InChI=1S/C17H25NO2/c1-13-3-6-15(7-4-13)18-12-14-5-8-16-17(11-14)20-10-2-9-19-16/h5,8,11,13,15,18H,2-4,6-7,9-10,12H2,1H3. The number of hydrogen-bond donors (Lipinski definition) is 1. The van der Waals surface area contributed by atoms with Gasteiger partial charge in [-0.25, -0.2) is 0 Å². The van der Waals surface area contributed by atoms with Gasteiger partial charge in [-0.3, -0.25) is 0 Å². The molecule has 0 aromatic heterocycles. The van der Waals surface area contributed by atoms with Gasteiger partial charge in [0.2, 0.25) is 0 Å². The molecule has 1 saturated carbocycles. The van der Waals surface area contributed by atoms with Gasteiger partial charge in [-0.2, -0.15) is 0 Å². The fourth-order valence-electron chi connectivity index (χ4n) is 3.04. The summed E-state index contributed by atoms with van der Waals surface area (Å²) in [6.45, 7) is 4.80. The molecule has 0 radical (unpaired) electrons. The lowest BCUT2D eigenvalue weighted by atomic mass is 9.87. The highest BCUT2D eigenvalue weighted by Gasteiger charge is 2.18. The van der Waals surface area contributed by atoms with Crippen LogP contribution in [0.15, 0.2) is 18.2 Å². The van der Waals surface area contributed by atoms with E-state index in [0.29, 0.717) is 6.04 Å². The molecule has 0 amide bonds. The third-order valence-electron chi connectivity index (χ3n) is 4.42. The molecule has 1 heterocycles. The SMILES string of the molecule is CC1CCC(NCc2ccc3c(c2)OCCCO3)CC1. The first-order chi connectivity index (χ1) is 9.81. The largest absolute Gasteiger partial charge is 0.490 e. The van der Waals surface area contributed by atoms with E-state index in [9.17, 15) is 0 Å². The predicted molar refractivity (Wildman–Crippen MR) is 80.3 cm³/mol. The Kier molecular flexibility index (Phi) is 4.46. The second-order valence-corrected chi connectivity index (χ2v) is 6.17. The van der Waals surface area contributed by atoms with Crippen LogP contribution < -0.4 is 14.8 Å². The summed E-state index contributed by atoms with van der Waals surface area (Å²) in [5.74, 6) is 2.70. The van der Waals surface area contributed by atoms with Crippen LogP contribution in [0.1, 0.15) is 44.6 Å². The van der Waals surface area contributed by atoms with Crippen LogP contribution in [0.3, 0.4) is 0 Å². The van der Waals surface area contributed by atoms with E-state index in [1.54, 1.807) is 0 Å². The Morgan fingerprint density at radius 2 is 1.80 bits per heavy atom. The summed E-state index contributed by atoms with van der Waals surface area (Å²) >= 11 is 0. The number of benzene rings is 1. The van der Waals surface area contributed by atoms with Gasteiger partial charge >= 0.3 is 0 Å². The highest BCUT2D eigenvalue weighted by atomic mass is 16.5. The maximum atomic E-state index is 5.74. The van der Waals surface area contributed by atoms with Crippen LogP contribution in [0.5, 0.6) is 11.5 Å². The average Bonchev–Trinajstić information content (AvgIpc) is 2.71. The van der Waals surface area contributed by atoms with E-state index in [0.717, 1.165) is 43.6 Å². The van der Waals surface area contributed by atoms with Crippen molar-refractivity contribution in [1.29, 1.82) is 0 Å². The van der Waals surface area contributed by atoms with Crippen LogP contribution in [0.25, 0.3) is 0 Å². The van der Waals surface area contributed by atoms with Crippen LogP contribution in [0.4, 0.5) is 0 Å². The number of fused-ring (bicyclic) bond motifs is 1. The molecule has 1 fully saturated rings. The molecule has 1 aliphatic heterocycles. The average molecular weight is 275 g/mol. The molecule has 1 aromatic rings. The summed E-state index contributed by atoms with van der Waals surface area (Å²) < 4.78 is 11.4. The molecule has 2 aliphatic rings. The molecule has 20 heavy (non-hydrogen) atoms. The van der Waals surface area contributed by atoms with Gasteiger partial charge in [-0.15, -0.1) is 0 Å². The first kappa shape index (κ1) is 13.7. The molecule has 1 aliphatic carbocycles. The molecule has 110 valence electrons. The topological polar surface area (TPSA) is 30.5 Å². The summed E-state index contributed by atoms with van der Waals surface area (Å²) in [6, 6.07) is 6.99. The Morgan fingerprint density at radius 3 is 2.60 bits per heavy atom. The fraction of sp³-hybridized carbons (Fsp3) is 0.647. The van der Waals surface area contributed by atoms with Gasteiger partial charge in [0.05, 0.1) is 13.2 Å². The van der Waals surface area contributed by atoms with Crippen molar-refractivity contribution in [2.45, 2.75) is 51.6 Å². The van der Waals surface area contributed by atoms with E-state index in [1.807, 2.05) is 6.07 Å². The lowest BCUT2D eigenvalue weighted by Crippen LogP contribution is -2.32. The van der Waals surface area contributed by atoms with E-state index < -0.39 is 0 Å². The van der Waals surface area contributed by atoms with E-state index in [-0.39, 0.29) is 0 Å². The van der Waals surface area contributed by atoms with Crippen LogP contribution in [0.2, 0.25) is 0 Å². The highest BCUT2D eigenvalue weighted by molar-refractivity contribution is 5.43. The zero-order valence-electron chi connectivity index (χ0n) is 12.4. The third-order valence-corrected chi connectivity index (χ3v) is 4.42. The van der Waals surface area contributed by atoms with E-state index in [2.05, 4.69) is 24.4 Å². The van der Waals surface area contributed by atoms with Crippen molar-refractivity contribution < 1.29 is 9.47 Å². The van der Waals surface area contributed by atoms with Crippen LogP contribution >= 0.6 is 0 Å². The quantitative estimate of drug-likeness (QED) is 0.915. The van der Waals surface area contributed by atoms with Crippen LogP contribution in [-0.2, 0) is 6.54 Å². The van der Waals surface area contributed by atoms with Gasteiger partial charge in [0, 0.05) is 19.0 Å². The Morgan fingerprint density at radius 1 is 1.05 bits per heavy atom. The molecular formula is C17H25NO2. The Bertz CT molecular complexity index is 439. The predicted octanol–water partition coefficient (Wildman–Crippen LogP) is 3.52. The Labute approximate surface area is 121 Å². The van der Waals surface area contributed by atoms with Gasteiger partial charge in [0.1, 0.15) is 0 Å². The number of rotatable bonds is 3. The van der Waals surface area contributed by atoms with Gasteiger partial charge < -0.3 is 14.8 Å². The zero-order chi connectivity index (χ0) is 13.8. The number of ether oxygens (including phenoxy) is 2. The van der Waals surface area contributed by atoms with Crippen molar-refractivity contribution in [3.8, 4) is 11.5 Å². The Balaban J connectivity index is 1.56. The Hall–Kier alpha value is -1.22. The summed E-state index contributed by atoms with van der Waals surface area (Å²) in [5.41, 5.74) is 1.29. The van der Waals surface area contributed by atoms with Crippen molar-refractivity contribution in [2.24, 2.45) is 5.92 Å². The van der Waals surface area contributed by atoms with Crippen LogP contribution in [0, 0.1) is 5.92 Å². The molecule has 0 unspecified atom stereocenters.